The zero-order valence-electron chi connectivity index (χ0n) is 6.80. The number of nitrogens with one attached hydrogen (secondary N) is 1. The molecule has 1 nitrogen and oxygen atoms in total. The third-order valence-electron chi connectivity index (χ3n) is 2.25. The fourth-order valence-corrected chi connectivity index (χ4v) is 1.49. The van der Waals surface area contributed by atoms with Crippen LogP contribution in [0.2, 0.25) is 0 Å². The molecule has 58 valence electrons. The summed E-state index contributed by atoms with van der Waals surface area (Å²) >= 11 is 0. The Morgan fingerprint density at radius 1 is 1.18 bits per heavy atom. The molecule has 0 aromatic rings. The van der Waals surface area contributed by atoms with Gasteiger partial charge in [0.15, 0.2) is 0 Å². The average Bonchev–Trinajstić information content (AvgIpc) is 2.38. The van der Waals surface area contributed by atoms with Gasteiger partial charge in [-0.25, -0.2) is 0 Å². The minimum absolute atomic E-state index is 0.598. The molecule has 0 unspecified atom stereocenters. The molecular formula is C10H13N. The fraction of sp³-hybridized carbons (Fsp3) is 0.400. The largest absolute Gasteiger partial charge is 0.309 e. The van der Waals surface area contributed by atoms with Gasteiger partial charge in [-0.3, -0.25) is 0 Å². The van der Waals surface area contributed by atoms with Crippen molar-refractivity contribution in [2.75, 3.05) is 13.1 Å². The molecule has 0 saturated carbocycles. The first-order chi connectivity index (χ1) is 5.36. The summed E-state index contributed by atoms with van der Waals surface area (Å²) in [5.74, 6) is 0.598. The molecule has 2 rings (SSSR count). The van der Waals surface area contributed by atoms with Crippen LogP contribution in [0.25, 0.3) is 0 Å². The van der Waals surface area contributed by atoms with E-state index in [0.29, 0.717) is 5.92 Å². The molecule has 1 aliphatic heterocycles. The monoisotopic (exact) mass is 147 g/mol. The Morgan fingerprint density at radius 2 is 1.73 bits per heavy atom. The molecule has 0 atom stereocenters. The van der Waals surface area contributed by atoms with Crippen LogP contribution in [-0.4, -0.2) is 13.1 Å². The molecule has 1 aliphatic carbocycles. The zero-order chi connectivity index (χ0) is 7.68. The van der Waals surface area contributed by atoms with Crippen LogP contribution in [0, 0.1) is 5.92 Å². The summed E-state index contributed by atoms with van der Waals surface area (Å²) in [7, 11) is 0. The van der Waals surface area contributed by atoms with Crippen molar-refractivity contribution in [2.24, 2.45) is 5.92 Å². The van der Waals surface area contributed by atoms with Crippen molar-refractivity contribution in [3.05, 3.63) is 35.5 Å². The molecule has 2 aliphatic rings. The van der Waals surface area contributed by atoms with E-state index in [0.717, 1.165) is 13.1 Å². The SMILES string of the molecule is CC1C=CC2=C(C=C1)CNC2. The van der Waals surface area contributed by atoms with Crippen LogP contribution in [0.5, 0.6) is 0 Å². The van der Waals surface area contributed by atoms with Gasteiger partial charge < -0.3 is 5.32 Å². The van der Waals surface area contributed by atoms with E-state index in [4.69, 9.17) is 0 Å². The van der Waals surface area contributed by atoms with Gasteiger partial charge in [0.2, 0.25) is 0 Å². The lowest BCUT2D eigenvalue weighted by atomic mass is 10.1. The van der Waals surface area contributed by atoms with E-state index in [-0.39, 0.29) is 0 Å². The van der Waals surface area contributed by atoms with Crippen LogP contribution in [0.3, 0.4) is 0 Å². The fourth-order valence-electron chi connectivity index (χ4n) is 1.49. The second kappa shape index (κ2) is 2.67. The van der Waals surface area contributed by atoms with Crippen LogP contribution in [0.15, 0.2) is 35.5 Å². The molecule has 0 fully saturated rings. The van der Waals surface area contributed by atoms with E-state index in [2.05, 4.69) is 36.5 Å². The number of rotatable bonds is 0. The normalized spacial score (nSPS) is 24.1. The quantitative estimate of drug-likeness (QED) is 0.549. The summed E-state index contributed by atoms with van der Waals surface area (Å²) in [6.07, 6.45) is 9.01. The third-order valence-corrected chi connectivity index (χ3v) is 2.25. The molecule has 0 bridgehead atoms. The Kier molecular flexibility index (Phi) is 1.66. The molecule has 0 aromatic carbocycles. The van der Waals surface area contributed by atoms with Gasteiger partial charge in [0.05, 0.1) is 0 Å². The molecule has 11 heavy (non-hydrogen) atoms. The smallest absolute Gasteiger partial charge is 0.0211 e. The van der Waals surface area contributed by atoms with Gasteiger partial charge in [-0.2, -0.15) is 0 Å². The van der Waals surface area contributed by atoms with Gasteiger partial charge in [-0.1, -0.05) is 31.2 Å². The van der Waals surface area contributed by atoms with E-state index in [1.165, 1.54) is 11.1 Å². The van der Waals surface area contributed by atoms with E-state index in [9.17, 15) is 0 Å². The zero-order valence-corrected chi connectivity index (χ0v) is 6.80. The van der Waals surface area contributed by atoms with Crippen molar-refractivity contribution < 1.29 is 0 Å². The van der Waals surface area contributed by atoms with Gasteiger partial charge in [0.25, 0.3) is 0 Å². The summed E-state index contributed by atoms with van der Waals surface area (Å²) in [4.78, 5) is 0. The van der Waals surface area contributed by atoms with Crippen molar-refractivity contribution in [1.82, 2.24) is 5.32 Å². The Balaban J connectivity index is 2.30. The standard InChI is InChI=1S/C10H13N/c1-8-2-4-9-6-11-7-10(9)5-3-8/h2-5,8,11H,6-7H2,1H3. The predicted octanol–water partition coefficient (Wildman–Crippen LogP) is 1.65. The van der Waals surface area contributed by atoms with Gasteiger partial charge in [-0.15, -0.1) is 0 Å². The van der Waals surface area contributed by atoms with Crippen LogP contribution >= 0.6 is 0 Å². The third kappa shape index (κ3) is 1.29. The number of hydrogen-bond donors (Lipinski definition) is 1. The Bertz CT molecular complexity index is 222. The van der Waals surface area contributed by atoms with E-state index >= 15 is 0 Å². The second-order valence-electron chi connectivity index (χ2n) is 3.23. The summed E-state index contributed by atoms with van der Waals surface area (Å²) < 4.78 is 0. The van der Waals surface area contributed by atoms with E-state index in [1.807, 2.05) is 0 Å². The average molecular weight is 147 g/mol. The van der Waals surface area contributed by atoms with Crippen LogP contribution in [-0.2, 0) is 0 Å². The molecular weight excluding hydrogens is 134 g/mol. The minimum atomic E-state index is 0.598. The molecule has 0 amide bonds. The lowest BCUT2D eigenvalue weighted by Gasteiger charge is -1.95. The van der Waals surface area contributed by atoms with Crippen LogP contribution in [0.1, 0.15) is 6.92 Å². The van der Waals surface area contributed by atoms with Gasteiger partial charge in [0.1, 0.15) is 0 Å². The highest BCUT2D eigenvalue weighted by Gasteiger charge is 2.10. The van der Waals surface area contributed by atoms with Crippen molar-refractivity contribution >= 4 is 0 Å². The Morgan fingerprint density at radius 3 is 2.27 bits per heavy atom. The lowest BCUT2D eigenvalue weighted by Crippen LogP contribution is -2.08. The highest BCUT2D eigenvalue weighted by molar-refractivity contribution is 5.41. The van der Waals surface area contributed by atoms with Crippen molar-refractivity contribution in [2.45, 2.75) is 6.92 Å². The first-order valence-electron chi connectivity index (χ1n) is 4.15. The Labute approximate surface area is 67.5 Å². The highest BCUT2D eigenvalue weighted by Crippen LogP contribution is 2.18. The van der Waals surface area contributed by atoms with Gasteiger partial charge >= 0.3 is 0 Å². The molecule has 1 heterocycles. The van der Waals surface area contributed by atoms with Gasteiger partial charge in [-0.05, 0) is 17.1 Å². The maximum atomic E-state index is 3.33. The maximum Gasteiger partial charge on any atom is 0.0211 e. The summed E-state index contributed by atoms with van der Waals surface area (Å²) in [5.41, 5.74) is 2.93. The van der Waals surface area contributed by atoms with Crippen LogP contribution < -0.4 is 5.32 Å². The van der Waals surface area contributed by atoms with Crippen molar-refractivity contribution in [3.8, 4) is 0 Å². The molecule has 0 radical (unpaired) electrons. The van der Waals surface area contributed by atoms with Crippen molar-refractivity contribution in [1.29, 1.82) is 0 Å². The predicted molar refractivity (Wildman–Crippen MR) is 47.3 cm³/mol. The molecule has 0 spiro atoms. The van der Waals surface area contributed by atoms with E-state index in [1.54, 1.807) is 0 Å². The Hall–Kier alpha value is -0.820. The molecule has 0 aromatic heterocycles. The molecule has 0 saturated heterocycles. The summed E-state index contributed by atoms with van der Waals surface area (Å²) in [6, 6.07) is 0. The number of allylic oxidation sites excluding steroid dienone is 2. The van der Waals surface area contributed by atoms with Crippen LogP contribution in [0.4, 0.5) is 0 Å². The molecule has 1 heteroatoms. The molecule has 1 N–H and O–H groups in total. The second-order valence-corrected chi connectivity index (χ2v) is 3.23. The highest BCUT2D eigenvalue weighted by atomic mass is 14.9. The number of hydrogen-bond acceptors (Lipinski definition) is 1. The minimum Gasteiger partial charge on any atom is -0.309 e. The summed E-state index contributed by atoms with van der Waals surface area (Å²) in [5, 5.41) is 3.33. The summed E-state index contributed by atoms with van der Waals surface area (Å²) in [6.45, 7) is 4.30. The first kappa shape index (κ1) is 6.86. The van der Waals surface area contributed by atoms with Crippen molar-refractivity contribution in [3.63, 3.8) is 0 Å². The lowest BCUT2D eigenvalue weighted by molar-refractivity contribution is 0.866. The first-order valence-corrected chi connectivity index (χ1v) is 4.15. The van der Waals surface area contributed by atoms with E-state index < -0.39 is 0 Å². The topological polar surface area (TPSA) is 12.0 Å². The van der Waals surface area contributed by atoms with Gasteiger partial charge in [0, 0.05) is 13.1 Å². The maximum absolute atomic E-state index is 3.33.